The van der Waals surface area contributed by atoms with Crippen LogP contribution in [0.25, 0.3) is 0 Å². The molecule has 8 N–H and O–H groups in total. The van der Waals surface area contributed by atoms with Crippen molar-refractivity contribution in [1.29, 1.82) is 0 Å². The lowest BCUT2D eigenvalue weighted by Crippen LogP contribution is -2.31. The lowest BCUT2D eigenvalue weighted by molar-refractivity contribution is 0.165. The Kier molecular flexibility index (Phi) is 35.2. The molecule has 296 valence electrons. The molecule has 0 saturated heterocycles. The molecule has 0 rings (SSSR count). The number of hydrogen-bond acceptors (Lipinski definition) is 12. The predicted octanol–water partition coefficient (Wildman–Crippen LogP) is 6.55. The maximum atomic E-state index is 13.9. The highest BCUT2D eigenvalue weighted by molar-refractivity contribution is 7.54. The Morgan fingerprint density at radius 1 is 0.388 bits per heavy atom. The molecule has 0 spiro atoms. The fourth-order valence-electron chi connectivity index (χ4n) is 5.43. The molecule has 14 heteroatoms. The summed E-state index contributed by atoms with van der Waals surface area (Å²) >= 11 is 0. The highest BCUT2D eigenvalue weighted by Gasteiger charge is 2.28. The fraction of sp³-hybridized carbons (Fsp3) is 1.00. The number of nitrogens with zero attached hydrogens (tertiary/aromatic N) is 2. The van der Waals surface area contributed by atoms with Crippen LogP contribution >= 0.6 is 15.2 Å². The normalized spacial score (nSPS) is 14.5. The first-order valence-electron chi connectivity index (χ1n) is 19.8. The second kappa shape index (κ2) is 35.1. The van der Waals surface area contributed by atoms with E-state index in [0.29, 0.717) is 71.2 Å². The Morgan fingerprint density at radius 3 is 0.980 bits per heavy atom. The summed E-state index contributed by atoms with van der Waals surface area (Å²) in [7, 11) is -6.70. The second-order valence-corrected chi connectivity index (χ2v) is 17.5. The largest absolute Gasteiger partial charge is 0.331 e. The van der Waals surface area contributed by atoms with Gasteiger partial charge in [-0.1, -0.05) is 78.1 Å². The number of unbranched alkanes of at least 4 members (excludes halogenated alkanes) is 10. The smallest absolute Gasteiger partial charge is 0.330 e. The van der Waals surface area contributed by atoms with E-state index in [1.807, 2.05) is 0 Å². The third-order valence-electron chi connectivity index (χ3n) is 8.53. The van der Waals surface area contributed by atoms with Crippen LogP contribution in [-0.4, -0.2) is 114 Å². The van der Waals surface area contributed by atoms with Crippen LogP contribution in [0, 0.1) is 0 Å². The molecule has 0 amide bonds. The van der Waals surface area contributed by atoms with E-state index in [1.54, 1.807) is 0 Å². The van der Waals surface area contributed by atoms with Gasteiger partial charge in [0.05, 0.1) is 38.8 Å². The molecule has 0 aromatic carbocycles. The van der Waals surface area contributed by atoms with Gasteiger partial charge in [-0.15, -0.1) is 0 Å². The van der Waals surface area contributed by atoms with Crippen molar-refractivity contribution >= 4 is 15.2 Å². The van der Waals surface area contributed by atoms with E-state index < -0.39 is 15.2 Å². The molecule has 2 atom stereocenters. The molecule has 0 aromatic heterocycles. The number of hydrogen-bond donors (Lipinski definition) is 4. The van der Waals surface area contributed by atoms with Gasteiger partial charge in [-0.2, -0.15) is 0 Å². The zero-order chi connectivity index (χ0) is 36.3. The van der Waals surface area contributed by atoms with Crippen molar-refractivity contribution < 1.29 is 27.2 Å². The lowest BCUT2D eigenvalue weighted by Gasteiger charge is -2.26. The van der Waals surface area contributed by atoms with E-state index in [2.05, 4.69) is 23.6 Å². The molecule has 0 aliphatic carbocycles. The van der Waals surface area contributed by atoms with Gasteiger partial charge in [0, 0.05) is 13.1 Å². The number of nitrogens with two attached hydrogens (primary N) is 4. The van der Waals surface area contributed by atoms with Crippen LogP contribution in [0.4, 0.5) is 0 Å². The monoisotopic (exact) mass is 743 g/mol. The van der Waals surface area contributed by atoms with Crippen molar-refractivity contribution in [3.8, 4) is 0 Å². The highest BCUT2D eigenvalue weighted by Crippen LogP contribution is 2.50. The molecular weight excluding hydrogens is 662 g/mol. The topological polar surface area (TPSA) is 182 Å². The van der Waals surface area contributed by atoms with Gasteiger partial charge in [0.25, 0.3) is 0 Å². The summed E-state index contributed by atoms with van der Waals surface area (Å²) in [6.07, 6.45) is 18.0. The van der Waals surface area contributed by atoms with Gasteiger partial charge < -0.3 is 50.8 Å². The highest BCUT2D eigenvalue weighted by atomic mass is 31.2. The third-order valence-corrected chi connectivity index (χ3v) is 12.3. The Hall–Kier alpha value is 0.0600. The quantitative estimate of drug-likeness (QED) is 0.0393. The van der Waals surface area contributed by atoms with Crippen molar-refractivity contribution in [1.82, 2.24) is 9.80 Å². The van der Waals surface area contributed by atoms with Crippen LogP contribution in [-0.2, 0) is 27.2 Å². The van der Waals surface area contributed by atoms with E-state index in [-0.39, 0.29) is 13.2 Å². The fourth-order valence-corrected chi connectivity index (χ4v) is 8.78. The summed E-state index contributed by atoms with van der Waals surface area (Å²) in [6, 6.07) is 0. The van der Waals surface area contributed by atoms with E-state index in [1.165, 1.54) is 38.5 Å². The zero-order valence-corrected chi connectivity index (χ0v) is 33.7. The molecule has 12 nitrogen and oxygen atoms in total. The van der Waals surface area contributed by atoms with Crippen LogP contribution in [0.5, 0.6) is 0 Å². The van der Waals surface area contributed by atoms with Gasteiger partial charge >= 0.3 is 15.2 Å². The molecule has 2 unspecified atom stereocenters. The summed E-state index contributed by atoms with van der Waals surface area (Å²) in [5, 5.41) is 0. The van der Waals surface area contributed by atoms with Gasteiger partial charge in [-0.25, -0.2) is 0 Å². The summed E-state index contributed by atoms with van der Waals surface area (Å²) in [4.78, 5) is 4.49. The molecule has 49 heavy (non-hydrogen) atoms. The average molecular weight is 743 g/mol. The van der Waals surface area contributed by atoms with Crippen molar-refractivity contribution in [2.75, 3.05) is 104 Å². The molecule has 0 heterocycles. The van der Waals surface area contributed by atoms with Crippen molar-refractivity contribution in [2.45, 2.75) is 123 Å². The maximum Gasteiger partial charge on any atom is 0.331 e. The van der Waals surface area contributed by atoms with Gasteiger partial charge in [0.2, 0.25) is 0 Å². The van der Waals surface area contributed by atoms with Crippen molar-refractivity contribution in [2.24, 2.45) is 22.9 Å². The SMILES string of the molecule is CCCCCCCCOP(=O)(CCN(CCCN)CCCN)OCCCOP(=O)(CCN(CCCN)CCCN)OCCCCCCCC. The Morgan fingerprint density at radius 2 is 0.673 bits per heavy atom. The minimum Gasteiger partial charge on any atom is -0.330 e. The minimum atomic E-state index is -3.35. The van der Waals surface area contributed by atoms with Gasteiger partial charge in [0.1, 0.15) is 0 Å². The summed E-state index contributed by atoms with van der Waals surface area (Å²) < 4.78 is 51.8. The lowest BCUT2D eigenvalue weighted by atomic mass is 10.1. The van der Waals surface area contributed by atoms with Crippen LogP contribution in [0.2, 0.25) is 0 Å². The van der Waals surface area contributed by atoms with Crippen LogP contribution < -0.4 is 22.9 Å². The summed E-state index contributed by atoms with van der Waals surface area (Å²) in [5.74, 6) is 0. The summed E-state index contributed by atoms with van der Waals surface area (Å²) in [5.41, 5.74) is 23.0. The van der Waals surface area contributed by atoms with Crippen molar-refractivity contribution in [3.63, 3.8) is 0 Å². The average Bonchev–Trinajstić information content (AvgIpc) is 3.10. The van der Waals surface area contributed by atoms with Gasteiger partial charge in [-0.05, 0) is 97.3 Å². The van der Waals surface area contributed by atoms with E-state index >= 15 is 0 Å². The molecule has 0 aromatic rings. The number of rotatable bonds is 40. The summed E-state index contributed by atoms with van der Waals surface area (Å²) in [6.45, 7) is 12.5. The van der Waals surface area contributed by atoms with Crippen LogP contribution in [0.3, 0.4) is 0 Å². The maximum absolute atomic E-state index is 13.9. The molecule has 0 aliphatic heterocycles. The van der Waals surface area contributed by atoms with E-state index in [4.69, 9.17) is 41.0 Å². The van der Waals surface area contributed by atoms with E-state index in [9.17, 15) is 9.13 Å². The minimum absolute atomic E-state index is 0.190. The second-order valence-electron chi connectivity index (χ2n) is 13.1. The van der Waals surface area contributed by atoms with Gasteiger partial charge in [-0.3, -0.25) is 9.13 Å². The van der Waals surface area contributed by atoms with Crippen molar-refractivity contribution in [3.05, 3.63) is 0 Å². The van der Waals surface area contributed by atoms with E-state index in [0.717, 1.165) is 90.4 Å². The molecule has 0 aliphatic rings. The Balaban J connectivity index is 5.22. The molecule has 0 saturated carbocycles. The molecule has 0 radical (unpaired) electrons. The molecule has 0 bridgehead atoms. The van der Waals surface area contributed by atoms with Crippen LogP contribution in [0.15, 0.2) is 0 Å². The Bertz CT molecular complexity index is 726. The Labute approximate surface area is 301 Å². The first-order valence-corrected chi connectivity index (χ1v) is 23.3. The zero-order valence-electron chi connectivity index (χ0n) is 31.9. The first-order chi connectivity index (χ1) is 23.8. The van der Waals surface area contributed by atoms with Gasteiger partial charge in [0.15, 0.2) is 0 Å². The standard InChI is InChI=1S/C35H80N6O6P2/c1-3-5-7-9-11-13-30-44-48(42,34-28-40(24-15-20-36)25-16-21-37)46-32-19-33-47-49(43,45-31-14-12-10-8-6-4-2)35-29-41(26-17-22-38)27-18-23-39/h3-39H2,1-2H3. The molecule has 0 fully saturated rings. The van der Waals surface area contributed by atoms with Crippen LogP contribution in [0.1, 0.15) is 123 Å². The molecular formula is C35H80N6O6P2. The first kappa shape index (κ1) is 49.1. The predicted molar refractivity (Wildman–Crippen MR) is 208 cm³/mol. The third kappa shape index (κ3) is 30.2.